The molecular weight excluding hydrogens is 254 g/mol. The van der Waals surface area contributed by atoms with Crippen LogP contribution in [-0.2, 0) is 4.74 Å². The van der Waals surface area contributed by atoms with Crippen LogP contribution < -0.4 is 11.1 Å². The average Bonchev–Trinajstić information content (AvgIpc) is 2.98. The van der Waals surface area contributed by atoms with Crippen molar-refractivity contribution in [2.45, 2.75) is 13.0 Å². The Labute approximate surface area is 108 Å². The van der Waals surface area contributed by atoms with E-state index >= 15 is 0 Å². The molecule has 4 N–H and O–H groups in total. The van der Waals surface area contributed by atoms with E-state index < -0.39 is 5.97 Å². The molecule has 0 fully saturated rings. The molecule has 0 spiro atoms. The van der Waals surface area contributed by atoms with Gasteiger partial charge in [-0.1, -0.05) is 0 Å². The van der Waals surface area contributed by atoms with E-state index in [1.54, 1.807) is 12.4 Å². The zero-order chi connectivity index (χ0) is 13.1. The van der Waals surface area contributed by atoms with Crippen LogP contribution in [0.3, 0.4) is 0 Å². The largest absolute Gasteiger partial charge is 0.465 e. The van der Waals surface area contributed by atoms with Gasteiger partial charge in [-0.3, -0.25) is 0 Å². The minimum atomic E-state index is -0.504. The summed E-state index contributed by atoms with van der Waals surface area (Å²) >= 11 is 1.12. The second kappa shape index (κ2) is 5.05. The van der Waals surface area contributed by atoms with Gasteiger partial charge in [0, 0.05) is 12.4 Å². The first-order valence-electron chi connectivity index (χ1n) is 5.22. The predicted molar refractivity (Wildman–Crippen MR) is 68.5 cm³/mol. The number of H-pyrrole nitrogens is 1. The highest BCUT2D eigenvalue weighted by Gasteiger charge is 2.21. The van der Waals surface area contributed by atoms with Crippen molar-refractivity contribution in [2.75, 3.05) is 18.2 Å². The lowest BCUT2D eigenvalue weighted by molar-refractivity contribution is 0.0603. The summed E-state index contributed by atoms with van der Waals surface area (Å²) < 4.78 is 8.62. The highest BCUT2D eigenvalue weighted by atomic mass is 32.1. The summed E-state index contributed by atoms with van der Waals surface area (Å²) in [6.45, 7) is 1.91. The second-order valence-corrected chi connectivity index (χ2v) is 4.38. The lowest BCUT2D eigenvalue weighted by atomic mass is 10.2. The number of esters is 1. The van der Waals surface area contributed by atoms with Crippen LogP contribution in [-0.4, -0.2) is 27.4 Å². The van der Waals surface area contributed by atoms with Crippen molar-refractivity contribution < 1.29 is 9.53 Å². The molecule has 2 aromatic rings. The normalized spacial score (nSPS) is 12.1. The van der Waals surface area contributed by atoms with Crippen LogP contribution in [0.25, 0.3) is 0 Å². The minimum absolute atomic E-state index is 0.0942. The third kappa shape index (κ3) is 2.28. The lowest BCUT2D eigenvalue weighted by Gasteiger charge is -2.11. The number of carbonyl (C=O) groups is 1. The fourth-order valence-electron chi connectivity index (χ4n) is 1.48. The minimum Gasteiger partial charge on any atom is -0.465 e. The monoisotopic (exact) mass is 267 g/mol. The van der Waals surface area contributed by atoms with Crippen LogP contribution in [0.15, 0.2) is 12.4 Å². The summed E-state index contributed by atoms with van der Waals surface area (Å²) in [6, 6.07) is -0.0942. The molecule has 1 unspecified atom stereocenters. The van der Waals surface area contributed by atoms with Crippen molar-refractivity contribution in [2.24, 2.45) is 0 Å². The first-order chi connectivity index (χ1) is 8.63. The fraction of sp³-hybridized carbons (Fsp3) is 0.300. The molecular formula is C10H13N5O2S. The summed E-state index contributed by atoms with van der Waals surface area (Å²) in [4.78, 5) is 18.7. The Morgan fingerprint density at radius 3 is 3.06 bits per heavy atom. The number of ether oxygens (including phenoxy) is 1. The van der Waals surface area contributed by atoms with Crippen molar-refractivity contribution in [3.63, 3.8) is 0 Å². The zero-order valence-electron chi connectivity index (χ0n) is 9.93. The summed E-state index contributed by atoms with van der Waals surface area (Å²) in [5.41, 5.74) is 5.91. The number of carbonyl (C=O) groups excluding carboxylic acids is 1. The number of nitrogen functional groups attached to an aromatic ring is 1. The van der Waals surface area contributed by atoms with Gasteiger partial charge in [0.25, 0.3) is 0 Å². The average molecular weight is 267 g/mol. The first-order valence-corrected chi connectivity index (χ1v) is 6.00. The topological polar surface area (TPSA) is 106 Å². The number of methoxy groups -OCH3 is 1. The molecule has 2 rings (SSSR count). The van der Waals surface area contributed by atoms with Crippen molar-refractivity contribution in [1.29, 1.82) is 0 Å². The molecule has 8 heteroatoms. The Morgan fingerprint density at radius 2 is 2.44 bits per heavy atom. The highest BCUT2D eigenvalue weighted by Crippen LogP contribution is 2.30. The van der Waals surface area contributed by atoms with Crippen molar-refractivity contribution >= 4 is 28.3 Å². The number of nitrogens with one attached hydrogen (secondary N) is 2. The number of rotatable bonds is 4. The molecule has 18 heavy (non-hydrogen) atoms. The van der Waals surface area contributed by atoms with E-state index in [1.165, 1.54) is 7.11 Å². The Kier molecular flexibility index (Phi) is 3.47. The summed E-state index contributed by atoms with van der Waals surface area (Å²) in [7, 11) is 1.30. The number of anilines is 2. The summed E-state index contributed by atoms with van der Waals surface area (Å²) in [5, 5.41) is 3.70. The summed E-state index contributed by atoms with van der Waals surface area (Å²) in [6.07, 6.45) is 3.39. The molecule has 2 aromatic heterocycles. The molecule has 7 nitrogen and oxygen atoms in total. The van der Waals surface area contributed by atoms with E-state index in [0.29, 0.717) is 5.00 Å². The number of aromatic amines is 1. The van der Waals surface area contributed by atoms with Gasteiger partial charge in [0.2, 0.25) is 0 Å². The Morgan fingerprint density at radius 1 is 1.67 bits per heavy atom. The van der Waals surface area contributed by atoms with E-state index in [-0.39, 0.29) is 17.4 Å². The Bertz CT molecular complexity index is 536. The van der Waals surface area contributed by atoms with Gasteiger partial charge in [0.15, 0.2) is 5.82 Å². The third-order valence-corrected chi connectivity index (χ3v) is 3.18. The van der Waals surface area contributed by atoms with E-state index in [1.807, 2.05) is 6.92 Å². The first kappa shape index (κ1) is 12.4. The van der Waals surface area contributed by atoms with Crippen molar-refractivity contribution in [3.8, 4) is 0 Å². The molecule has 0 amide bonds. The Hall–Kier alpha value is -2.09. The van der Waals surface area contributed by atoms with Gasteiger partial charge in [0.05, 0.1) is 13.2 Å². The number of hydrogen-bond acceptors (Lipinski definition) is 7. The van der Waals surface area contributed by atoms with Crippen LogP contribution in [0.2, 0.25) is 0 Å². The molecule has 0 aliphatic rings. The molecule has 0 aliphatic carbocycles. The molecule has 0 aromatic carbocycles. The summed E-state index contributed by atoms with van der Waals surface area (Å²) in [5.74, 6) is 0.425. The lowest BCUT2D eigenvalue weighted by Crippen LogP contribution is -2.12. The van der Waals surface area contributed by atoms with Gasteiger partial charge in [-0.25, -0.2) is 9.78 Å². The Balaban J connectivity index is 2.22. The molecule has 96 valence electrons. The van der Waals surface area contributed by atoms with Crippen molar-refractivity contribution in [3.05, 3.63) is 23.8 Å². The smallest absolute Gasteiger partial charge is 0.344 e. The van der Waals surface area contributed by atoms with Gasteiger partial charge in [0.1, 0.15) is 16.4 Å². The standard InChI is InChI=1S/C10H13N5O2S/c1-5(8-12-3-4-13-8)14-9-6(10(16)17-2)7(11)15-18-9/h3-5,14H,1-2H3,(H2,11,15)(H,12,13). The van der Waals surface area contributed by atoms with Crippen LogP contribution in [0.4, 0.5) is 10.8 Å². The van der Waals surface area contributed by atoms with E-state index in [2.05, 4.69) is 24.4 Å². The molecule has 0 saturated heterocycles. The third-order valence-electron chi connectivity index (χ3n) is 2.39. The molecule has 0 saturated carbocycles. The van der Waals surface area contributed by atoms with Crippen LogP contribution >= 0.6 is 11.5 Å². The second-order valence-electron chi connectivity index (χ2n) is 3.60. The van der Waals surface area contributed by atoms with E-state index in [9.17, 15) is 4.79 Å². The fourth-order valence-corrected chi connectivity index (χ4v) is 2.27. The highest BCUT2D eigenvalue weighted by molar-refractivity contribution is 7.11. The van der Waals surface area contributed by atoms with Crippen LogP contribution in [0, 0.1) is 0 Å². The SMILES string of the molecule is COC(=O)c1c(N)nsc1NC(C)c1ncc[nH]1. The van der Waals surface area contributed by atoms with E-state index in [4.69, 9.17) is 5.73 Å². The number of hydrogen-bond donors (Lipinski definition) is 3. The number of aromatic nitrogens is 3. The van der Waals surface area contributed by atoms with Gasteiger partial charge < -0.3 is 20.8 Å². The maximum absolute atomic E-state index is 11.6. The molecule has 0 aliphatic heterocycles. The van der Waals surface area contributed by atoms with Crippen LogP contribution in [0.1, 0.15) is 29.1 Å². The van der Waals surface area contributed by atoms with Crippen LogP contribution in [0.5, 0.6) is 0 Å². The molecule has 1 atom stereocenters. The zero-order valence-corrected chi connectivity index (χ0v) is 10.7. The number of nitrogens with zero attached hydrogens (tertiary/aromatic N) is 2. The number of nitrogens with two attached hydrogens (primary N) is 1. The molecule has 0 bridgehead atoms. The maximum atomic E-state index is 11.6. The molecule has 0 radical (unpaired) electrons. The predicted octanol–water partition coefficient (Wildman–Crippen LogP) is 1.41. The quantitative estimate of drug-likeness (QED) is 0.723. The van der Waals surface area contributed by atoms with Gasteiger partial charge >= 0.3 is 5.97 Å². The van der Waals surface area contributed by atoms with Gasteiger partial charge in [-0.2, -0.15) is 4.37 Å². The van der Waals surface area contributed by atoms with Crippen molar-refractivity contribution in [1.82, 2.24) is 14.3 Å². The number of imidazole rings is 1. The van der Waals surface area contributed by atoms with Gasteiger partial charge in [-0.15, -0.1) is 0 Å². The van der Waals surface area contributed by atoms with Gasteiger partial charge in [-0.05, 0) is 18.5 Å². The maximum Gasteiger partial charge on any atom is 0.344 e. The van der Waals surface area contributed by atoms with E-state index in [0.717, 1.165) is 17.4 Å². The molecule has 2 heterocycles.